The van der Waals surface area contributed by atoms with E-state index in [1.165, 1.54) is 0 Å². The van der Waals surface area contributed by atoms with Gasteiger partial charge in [-0.1, -0.05) is 12.1 Å². The number of anilines is 1. The van der Waals surface area contributed by atoms with Gasteiger partial charge in [-0.15, -0.1) is 0 Å². The number of aryl methyl sites for hydroxylation is 2. The van der Waals surface area contributed by atoms with Gasteiger partial charge in [0, 0.05) is 24.7 Å². The summed E-state index contributed by atoms with van der Waals surface area (Å²) in [5.41, 5.74) is 2.26. The van der Waals surface area contributed by atoms with Crippen molar-refractivity contribution < 1.29 is 9.53 Å². The lowest BCUT2D eigenvalue weighted by Crippen LogP contribution is -2.16. The number of nitrogens with zero attached hydrogens (tertiary/aromatic N) is 2. The SMILES string of the molecule is Cc1cccc(NC(=O)c2cc3n(n2)CCCO3)c1. The molecule has 0 spiro atoms. The van der Waals surface area contributed by atoms with Crippen molar-refractivity contribution in [3.8, 4) is 5.88 Å². The Balaban J connectivity index is 1.78. The van der Waals surface area contributed by atoms with Crippen LogP contribution in [0, 0.1) is 6.92 Å². The van der Waals surface area contributed by atoms with Crippen molar-refractivity contribution in [2.75, 3.05) is 11.9 Å². The number of aromatic nitrogens is 2. The van der Waals surface area contributed by atoms with Crippen LogP contribution in [0.25, 0.3) is 0 Å². The number of benzene rings is 1. The third-order valence-electron chi connectivity index (χ3n) is 3.02. The highest BCUT2D eigenvalue weighted by atomic mass is 16.5. The molecular weight excluding hydrogens is 242 g/mol. The molecule has 2 heterocycles. The quantitative estimate of drug-likeness (QED) is 0.897. The van der Waals surface area contributed by atoms with Crippen molar-refractivity contribution in [3.05, 3.63) is 41.6 Å². The summed E-state index contributed by atoms with van der Waals surface area (Å²) in [5.74, 6) is 0.455. The standard InChI is InChI=1S/C14H15N3O2/c1-10-4-2-5-11(8-10)15-14(18)12-9-13-17(16-12)6-3-7-19-13/h2,4-5,8-9H,3,6-7H2,1H3,(H,15,18). The molecule has 1 aromatic carbocycles. The summed E-state index contributed by atoms with van der Waals surface area (Å²) in [6.07, 6.45) is 0.924. The molecule has 0 radical (unpaired) electrons. The summed E-state index contributed by atoms with van der Waals surface area (Å²) in [6.45, 7) is 3.47. The molecular formula is C14H15N3O2. The summed E-state index contributed by atoms with van der Waals surface area (Å²) in [5, 5.41) is 7.09. The number of nitrogens with one attached hydrogen (secondary N) is 1. The Labute approximate surface area is 111 Å². The summed E-state index contributed by atoms with van der Waals surface area (Å²) in [6, 6.07) is 9.36. The molecule has 0 saturated heterocycles. The molecule has 0 saturated carbocycles. The van der Waals surface area contributed by atoms with Gasteiger partial charge in [-0.3, -0.25) is 4.79 Å². The highest BCUT2D eigenvalue weighted by molar-refractivity contribution is 6.03. The van der Waals surface area contributed by atoms with Crippen LogP contribution in [0.5, 0.6) is 5.88 Å². The number of hydrogen-bond acceptors (Lipinski definition) is 3. The molecule has 5 nitrogen and oxygen atoms in total. The minimum atomic E-state index is -0.212. The van der Waals surface area contributed by atoms with Gasteiger partial charge in [-0.25, -0.2) is 4.68 Å². The van der Waals surface area contributed by atoms with E-state index in [9.17, 15) is 4.79 Å². The second kappa shape index (κ2) is 4.76. The first-order valence-corrected chi connectivity index (χ1v) is 6.31. The predicted molar refractivity (Wildman–Crippen MR) is 71.5 cm³/mol. The summed E-state index contributed by atoms with van der Waals surface area (Å²) < 4.78 is 7.17. The average molecular weight is 257 g/mol. The molecule has 1 aromatic heterocycles. The molecule has 1 aliphatic rings. The summed E-state index contributed by atoms with van der Waals surface area (Å²) >= 11 is 0. The van der Waals surface area contributed by atoms with Crippen LogP contribution in [-0.2, 0) is 6.54 Å². The van der Waals surface area contributed by atoms with Crippen LogP contribution in [0.3, 0.4) is 0 Å². The number of carbonyl (C=O) groups excluding carboxylic acids is 1. The van der Waals surface area contributed by atoms with Crippen molar-refractivity contribution in [1.29, 1.82) is 0 Å². The van der Waals surface area contributed by atoms with Crippen molar-refractivity contribution in [1.82, 2.24) is 9.78 Å². The van der Waals surface area contributed by atoms with Gasteiger partial charge < -0.3 is 10.1 Å². The van der Waals surface area contributed by atoms with Crippen LogP contribution in [0.4, 0.5) is 5.69 Å². The Kier molecular flexibility index (Phi) is 2.95. The van der Waals surface area contributed by atoms with Gasteiger partial charge in [-0.05, 0) is 24.6 Å². The monoisotopic (exact) mass is 257 g/mol. The van der Waals surface area contributed by atoms with Gasteiger partial charge in [-0.2, -0.15) is 5.10 Å². The molecule has 0 bridgehead atoms. The number of ether oxygens (including phenoxy) is 1. The molecule has 1 N–H and O–H groups in total. The number of hydrogen-bond donors (Lipinski definition) is 1. The van der Waals surface area contributed by atoms with Crippen LogP contribution in [0.1, 0.15) is 22.5 Å². The van der Waals surface area contributed by atoms with Crippen LogP contribution in [-0.4, -0.2) is 22.3 Å². The Morgan fingerprint density at radius 2 is 2.32 bits per heavy atom. The lowest BCUT2D eigenvalue weighted by molar-refractivity contribution is 0.102. The number of amides is 1. The number of rotatable bonds is 2. The first-order valence-electron chi connectivity index (χ1n) is 6.31. The van der Waals surface area contributed by atoms with Crippen molar-refractivity contribution in [2.24, 2.45) is 0 Å². The molecule has 98 valence electrons. The average Bonchev–Trinajstić information content (AvgIpc) is 2.82. The van der Waals surface area contributed by atoms with Crippen LogP contribution in [0.15, 0.2) is 30.3 Å². The minimum absolute atomic E-state index is 0.212. The van der Waals surface area contributed by atoms with Crippen molar-refractivity contribution in [3.63, 3.8) is 0 Å². The predicted octanol–water partition coefficient (Wildman–Crippen LogP) is 2.23. The third kappa shape index (κ3) is 2.45. The van der Waals surface area contributed by atoms with E-state index in [0.29, 0.717) is 18.2 Å². The highest BCUT2D eigenvalue weighted by Crippen LogP contribution is 2.19. The zero-order valence-corrected chi connectivity index (χ0v) is 10.7. The Morgan fingerprint density at radius 3 is 3.11 bits per heavy atom. The second-order valence-corrected chi connectivity index (χ2v) is 4.62. The normalized spacial score (nSPS) is 13.5. The van der Waals surface area contributed by atoms with Gasteiger partial charge >= 0.3 is 0 Å². The maximum absolute atomic E-state index is 12.1. The van der Waals surface area contributed by atoms with E-state index >= 15 is 0 Å². The van der Waals surface area contributed by atoms with E-state index in [0.717, 1.165) is 24.2 Å². The zero-order chi connectivity index (χ0) is 13.2. The fraction of sp³-hybridized carbons (Fsp3) is 0.286. The fourth-order valence-corrected chi connectivity index (χ4v) is 2.10. The van der Waals surface area contributed by atoms with Crippen LogP contribution < -0.4 is 10.1 Å². The van der Waals surface area contributed by atoms with Crippen LogP contribution >= 0.6 is 0 Å². The molecule has 1 aliphatic heterocycles. The molecule has 19 heavy (non-hydrogen) atoms. The Bertz CT molecular complexity index is 595. The molecule has 1 amide bonds. The lowest BCUT2D eigenvalue weighted by Gasteiger charge is -2.13. The molecule has 5 heteroatoms. The van der Waals surface area contributed by atoms with Gasteiger partial charge in [0.05, 0.1) is 6.61 Å². The van der Waals surface area contributed by atoms with Crippen molar-refractivity contribution in [2.45, 2.75) is 19.9 Å². The summed E-state index contributed by atoms with van der Waals surface area (Å²) in [7, 11) is 0. The third-order valence-corrected chi connectivity index (χ3v) is 3.02. The number of fused-ring (bicyclic) bond motifs is 1. The molecule has 0 aliphatic carbocycles. The molecule has 3 rings (SSSR count). The fourth-order valence-electron chi connectivity index (χ4n) is 2.10. The van der Waals surface area contributed by atoms with E-state index in [2.05, 4.69) is 10.4 Å². The topological polar surface area (TPSA) is 56.2 Å². The largest absolute Gasteiger partial charge is 0.478 e. The highest BCUT2D eigenvalue weighted by Gasteiger charge is 2.17. The maximum atomic E-state index is 12.1. The second-order valence-electron chi connectivity index (χ2n) is 4.62. The van der Waals surface area contributed by atoms with E-state index in [1.807, 2.05) is 31.2 Å². The zero-order valence-electron chi connectivity index (χ0n) is 10.7. The van der Waals surface area contributed by atoms with Gasteiger partial charge in [0.25, 0.3) is 5.91 Å². The molecule has 0 unspecified atom stereocenters. The van der Waals surface area contributed by atoms with Gasteiger partial charge in [0.1, 0.15) is 0 Å². The van der Waals surface area contributed by atoms with E-state index in [1.54, 1.807) is 10.7 Å². The van der Waals surface area contributed by atoms with Gasteiger partial charge in [0.15, 0.2) is 5.69 Å². The van der Waals surface area contributed by atoms with Crippen LogP contribution in [0.2, 0.25) is 0 Å². The van der Waals surface area contributed by atoms with E-state index < -0.39 is 0 Å². The Morgan fingerprint density at radius 1 is 1.42 bits per heavy atom. The lowest BCUT2D eigenvalue weighted by atomic mass is 10.2. The first-order chi connectivity index (χ1) is 9.22. The first kappa shape index (κ1) is 11.8. The summed E-state index contributed by atoms with van der Waals surface area (Å²) in [4.78, 5) is 12.1. The smallest absolute Gasteiger partial charge is 0.276 e. The van der Waals surface area contributed by atoms with E-state index in [-0.39, 0.29) is 5.91 Å². The molecule has 2 aromatic rings. The minimum Gasteiger partial charge on any atom is -0.478 e. The Hall–Kier alpha value is -2.30. The maximum Gasteiger partial charge on any atom is 0.276 e. The van der Waals surface area contributed by atoms with Crippen molar-refractivity contribution >= 4 is 11.6 Å². The molecule has 0 fully saturated rings. The molecule has 0 atom stereocenters. The van der Waals surface area contributed by atoms with E-state index in [4.69, 9.17) is 4.74 Å². The number of carbonyl (C=O) groups is 1. The van der Waals surface area contributed by atoms with Gasteiger partial charge in [0.2, 0.25) is 5.88 Å².